The Labute approximate surface area is 174 Å². The van der Waals surface area contributed by atoms with Crippen molar-refractivity contribution in [1.29, 1.82) is 0 Å². The fourth-order valence-corrected chi connectivity index (χ4v) is 3.50. The van der Waals surface area contributed by atoms with Crippen molar-refractivity contribution < 1.29 is 9.72 Å². The molecule has 0 spiro atoms. The third kappa shape index (κ3) is 5.41. The molecule has 3 rings (SSSR count). The van der Waals surface area contributed by atoms with Gasteiger partial charge in [0.2, 0.25) is 0 Å². The molecule has 1 saturated heterocycles. The molecule has 1 aliphatic heterocycles. The van der Waals surface area contributed by atoms with Crippen molar-refractivity contribution in [1.82, 2.24) is 15.2 Å². The van der Waals surface area contributed by atoms with E-state index in [2.05, 4.69) is 10.3 Å². The largest absolute Gasteiger partial charge is 0.329 e. The zero-order chi connectivity index (χ0) is 19.2. The predicted octanol–water partition coefficient (Wildman–Crippen LogP) is 3.85. The number of benzene rings is 1. The maximum absolute atomic E-state index is 13.3. The van der Waals surface area contributed by atoms with Crippen molar-refractivity contribution in [2.75, 3.05) is 13.1 Å². The smallest absolute Gasteiger partial charge is 0.283 e. The zero-order valence-electron chi connectivity index (χ0n) is 15.2. The first-order valence-corrected chi connectivity index (χ1v) is 9.29. The van der Waals surface area contributed by atoms with Gasteiger partial charge in [-0.2, -0.15) is 0 Å². The lowest BCUT2D eigenvalue weighted by Crippen LogP contribution is -2.40. The molecule has 1 aromatic heterocycles. The Kier molecular flexibility index (Phi) is 8.17. The van der Waals surface area contributed by atoms with Gasteiger partial charge in [-0.05, 0) is 56.6 Å². The maximum atomic E-state index is 13.3. The summed E-state index contributed by atoms with van der Waals surface area (Å²) < 4.78 is 0. The molecule has 0 saturated carbocycles. The summed E-state index contributed by atoms with van der Waals surface area (Å²) in [6.07, 6.45) is 4.25. The molecule has 0 aliphatic carbocycles. The highest BCUT2D eigenvalue weighted by molar-refractivity contribution is 6.31. The Morgan fingerprint density at radius 2 is 2.11 bits per heavy atom. The van der Waals surface area contributed by atoms with Gasteiger partial charge < -0.3 is 10.2 Å². The number of hydrogen-bond acceptors (Lipinski definition) is 5. The van der Waals surface area contributed by atoms with E-state index in [-0.39, 0.29) is 40.6 Å². The van der Waals surface area contributed by atoms with Crippen LogP contribution in [0.4, 0.5) is 5.69 Å². The number of nitro groups is 1. The molecule has 0 bridgehead atoms. The number of amides is 1. The molecule has 9 heteroatoms. The van der Waals surface area contributed by atoms with Gasteiger partial charge in [-0.25, -0.2) is 0 Å². The van der Waals surface area contributed by atoms with Gasteiger partial charge in [0.05, 0.1) is 17.2 Å². The van der Waals surface area contributed by atoms with Gasteiger partial charge in [-0.3, -0.25) is 19.9 Å². The summed E-state index contributed by atoms with van der Waals surface area (Å²) in [7, 11) is 0. The quantitative estimate of drug-likeness (QED) is 0.581. The zero-order valence-corrected chi connectivity index (χ0v) is 16.8. The van der Waals surface area contributed by atoms with Crippen molar-refractivity contribution in [3.63, 3.8) is 0 Å². The Morgan fingerprint density at radius 1 is 1.29 bits per heavy atom. The van der Waals surface area contributed by atoms with Crippen LogP contribution in [0, 0.1) is 10.1 Å². The van der Waals surface area contributed by atoms with Crippen LogP contribution < -0.4 is 5.32 Å². The molecule has 2 heterocycles. The SMILES string of the molecule is Cl.O=C(c1ccc(Cl)cc1[N+](=O)[O-])N(Cc1ccccn1)C1CCCNCC1. The molecule has 28 heavy (non-hydrogen) atoms. The van der Waals surface area contributed by atoms with Crippen molar-refractivity contribution in [2.24, 2.45) is 0 Å². The first-order valence-electron chi connectivity index (χ1n) is 8.92. The molecule has 1 aliphatic rings. The summed E-state index contributed by atoms with van der Waals surface area (Å²) >= 11 is 5.90. The normalized spacial score (nSPS) is 16.5. The summed E-state index contributed by atoms with van der Waals surface area (Å²) in [5.74, 6) is -0.365. The molecule has 1 amide bonds. The highest BCUT2D eigenvalue weighted by Gasteiger charge is 2.30. The molecule has 1 fully saturated rings. The van der Waals surface area contributed by atoms with E-state index in [9.17, 15) is 14.9 Å². The van der Waals surface area contributed by atoms with Crippen molar-refractivity contribution in [3.8, 4) is 0 Å². The lowest BCUT2D eigenvalue weighted by Gasteiger charge is -2.31. The maximum Gasteiger partial charge on any atom is 0.283 e. The van der Waals surface area contributed by atoms with E-state index in [4.69, 9.17) is 11.6 Å². The Balaban J connectivity index is 0.00000280. The van der Waals surface area contributed by atoms with Crippen LogP contribution in [-0.4, -0.2) is 39.8 Å². The summed E-state index contributed by atoms with van der Waals surface area (Å²) in [5.41, 5.74) is 0.530. The second-order valence-electron chi connectivity index (χ2n) is 6.51. The minimum Gasteiger partial charge on any atom is -0.329 e. The molecule has 1 N–H and O–H groups in total. The van der Waals surface area contributed by atoms with Gasteiger partial charge in [0.15, 0.2) is 0 Å². The molecule has 1 aromatic carbocycles. The lowest BCUT2D eigenvalue weighted by molar-refractivity contribution is -0.385. The van der Waals surface area contributed by atoms with Gasteiger partial charge in [0.25, 0.3) is 11.6 Å². The summed E-state index contributed by atoms with van der Waals surface area (Å²) in [4.78, 5) is 30.2. The monoisotopic (exact) mass is 424 g/mol. The minimum absolute atomic E-state index is 0. The van der Waals surface area contributed by atoms with E-state index >= 15 is 0 Å². The number of halogens is 2. The van der Waals surface area contributed by atoms with Crippen LogP contribution in [0.5, 0.6) is 0 Å². The molecular formula is C19H22Cl2N4O3. The summed E-state index contributed by atoms with van der Waals surface area (Å²) in [5, 5.41) is 15.0. The molecular weight excluding hydrogens is 403 g/mol. The lowest BCUT2D eigenvalue weighted by atomic mass is 10.0. The van der Waals surface area contributed by atoms with E-state index in [0.717, 1.165) is 38.0 Å². The van der Waals surface area contributed by atoms with Crippen LogP contribution in [-0.2, 0) is 6.54 Å². The van der Waals surface area contributed by atoms with Gasteiger partial charge in [0, 0.05) is 23.3 Å². The average Bonchev–Trinajstić information content (AvgIpc) is 2.95. The van der Waals surface area contributed by atoms with Crippen molar-refractivity contribution in [2.45, 2.75) is 31.8 Å². The Morgan fingerprint density at radius 3 is 2.82 bits per heavy atom. The number of aromatic nitrogens is 1. The number of rotatable bonds is 5. The fraction of sp³-hybridized carbons (Fsp3) is 0.368. The number of carbonyl (C=O) groups excluding carboxylic acids is 1. The van der Waals surface area contributed by atoms with E-state index in [0.29, 0.717) is 6.54 Å². The van der Waals surface area contributed by atoms with Crippen molar-refractivity contribution in [3.05, 3.63) is 69.0 Å². The summed E-state index contributed by atoms with van der Waals surface area (Å²) in [6.45, 7) is 2.02. The van der Waals surface area contributed by atoms with E-state index in [1.54, 1.807) is 11.1 Å². The van der Waals surface area contributed by atoms with E-state index < -0.39 is 4.92 Å². The van der Waals surface area contributed by atoms with Gasteiger partial charge >= 0.3 is 0 Å². The second kappa shape index (κ2) is 10.4. The standard InChI is InChI=1S/C19H21ClN4O3.ClH/c20-14-6-7-17(18(12-14)24(26)27)19(25)23(13-15-4-1-2-10-22-15)16-5-3-9-21-11-8-16;/h1-2,4,6-7,10,12,16,21H,3,5,8-9,11,13H2;1H. The van der Waals surface area contributed by atoms with E-state index in [1.807, 2.05) is 18.2 Å². The van der Waals surface area contributed by atoms with Crippen molar-refractivity contribution >= 4 is 35.6 Å². The number of nitrogens with zero attached hydrogens (tertiary/aromatic N) is 3. The molecule has 1 unspecified atom stereocenters. The fourth-order valence-electron chi connectivity index (χ4n) is 3.34. The van der Waals surface area contributed by atoms with Gasteiger partial charge in [-0.1, -0.05) is 17.7 Å². The van der Waals surface area contributed by atoms with Gasteiger partial charge in [0.1, 0.15) is 5.56 Å². The first kappa shape index (κ1) is 22.1. The topological polar surface area (TPSA) is 88.4 Å². The molecule has 1 atom stereocenters. The summed E-state index contributed by atoms with van der Waals surface area (Å²) in [6, 6.07) is 9.69. The minimum atomic E-state index is -0.563. The van der Waals surface area contributed by atoms with Crippen LogP contribution in [0.3, 0.4) is 0 Å². The number of hydrogen-bond donors (Lipinski definition) is 1. The number of nitro benzene ring substituents is 1. The highest BCUT2D eigenvalue weighted by Crippen LogP contribution is 2.27. The number of pyridine rings is 1. The average molecular weight is 425 g/mol. The predicted molar refractivity (Wildman–Crippen MR) is 110 cm³/mol. The molecule has 150 valence electrons. The van der Waals surface area contributed by atoms with Crippen LogP contribution in [0.1, 0.15) is 35.3 Å². The first-order chi connectivity index (χ1) is 13.1. The van der Waals surface area contributed by atoms with E-state index in [1.165, 1.54) is 18.2 Å². The van der Waals surface area contributed by atoms with Gasteiger partial charge in [-0.15, -0.1) is 12.4 Å². The van der Waals surface area contributed by atoms with Crippen LogP contribution >= 0.6 is 24.0 Å². The highest BCUT2D eigenvalue weighted by atomic mass is 35.5. The number of carbonyl (C=O) groups is 1. The molecule has 2 aromatic rings. The van der Waals surface area contributed by atoms with Crippen LogP contribution in [0.15, 0.2) is 42.6 Å². The second-order valence-corrected chi connectivity index (χ2v) is 6.94. The third-order valence-electron chi connectivity index (χ3n) is 4.69. The Bertz CT molecular complexity index is 812. The molecule has 7 nitrogen and oxygen atoms in total. The number of nitrogens with one attached hydrogen (secondary N) is 1. The Hall–Kier alpha value is -2.22. The van der Waals surface area contributed by atoms with Crippen LogP contribution in [0.25, 0.3) is 0 Å². The van der Waals surface area contributed by atoms with Crippen LogP contribution in [0.2, 0.25) is 5.02 Å². The third-order valence-corrected chi connectivity index (χ3v) is 4.93. The molecule has 0 radical (unpaired) electrons.